The van der Waals surface area contributed by atoms with E-state index in [1.807, 2.05) is 12.1 Å². The molecule has 1 aromatic rings. The molecular formula is C17H25NO2. The molecule has 3 nitrogen and oxygen atoms in total. The van der Waals surface area contributed by atoms with E-state index >= 15 is 0 Å². The van der Waals surface area contributed by atoms with Gasteiger partial charge in [0.25, 0.3) is 0 Å². The maximum atomic E-state index is 10.7. The molecule has 3 rings (SSSR count). The fraction of sp³-hybridized carbons (Fsp3) is 0.647. The maximum absolute atomic E-state index is 10.7. The molecule has 1 fully saturated rings. The van der Waals surface area contributed by atoms with Crippen molar-refractivity contribution in [3.05, 3.63) is 29.3 Å². The van der Waals surface area contributed by atoms with Crippen LogP contribution in [0.5, 0.6) is 5.75 Å². The van der Waals surface area contributed by atoms with Crippen LogP contribution in [0.15, 0.2) is 18.2 Å². The van der Waals surface area contributed by atoms with Crippen molar-refractivity contribution in [2.75, 3.05) is 20.2 Å². The smallest absolute Gasteiger partial charge is 0.119 e. The van der Waals surface area contributed by atoms with Crippen LogP contribution < -0.4 is 4.74 Å². The molecule has 1 aromatic carbocycles. The van der Waals surface area contributed by atoms with Gasteiger partial charge in [-0.05, 0) is 55.0 Å². The Hall–Kier alpha value is -1.06. The number of benzene rings is 1. The second-order valence-corrected chi connectivity index (χ2v) is 6.19. The second kappa shape index (κ2) is 5.74. The van der Waals surface area contributed by atoms with Crippen molar-refractivity contribution >= 4 is 0 Å². The number of methoxy groups -OCH3 is 1. The monoisotopic (exact) mass is 275 g/mol. The number of fused-ring (bicyclic) bond motifs is 1. The van der Waals surface area contributed by atoms with E-state index in [0.717, 1.165) is 36.7 Å². The topological polar surface area (TPSA) is 32.7 Å². The third kappa shape index (κ3) is 2.45. The molecule has 3 unspecified atom stereocenters. The highest BCUT2D eigenvalue weighted by atomic mass is 16.5. The first-order valence-electron chi connectivity index (χ1n) is 7.81. The van der Waals surface area contributed by atoms with E-state index in [1.165, 1.54) is 24.8 Å². The quantitative estimate of drug-likeness (QED) is 0.920. The lowest BCUT2D eigenvalue weighted by Gasteiger charge is -2.37. The number of nitrogens with zero attached hydrogens (tertiary/aromatic N) is 1. The summed E-state index contributed by atoms with van der Waals surface area (Å²) in [6, 6.07) is 6.37. The van der Waals surface area contributed by atoms with Crippen LogP contribution in [0.1, 0.15) is 43.4 Å². The Kier molecular flexibility index (Phi) is 3.99. The molecule has 0 radical (unpaired) electrons. The number of ether oxygens (including phenoxy) is 1. The molecule has 1 aliphatic carbocycles. The van der Waals surface area contributed by atoms with Gasteiger partial charge in [0, 0.05) is 12.6 Å². The molecule has 0 bridgehead atoms. The van der Waals surface area contributed by atoms with Crippen molar-refractivity contribution in [1.82, 2.24) is 4.90 Å². The van der Waals surface area contributed by atoms with Crippen LogP contribution in [0.25, 0.3) is 0 Å². The molecule has 0 aromatic heterocycles. The minimum absolute atomic E-state index is 0.256. The van der Waals surface area contributed by atoms with Crippen molar-refractivity contribution in [3.63, 3.8) is 0 Å². The number of aliphatic hydroxyl groups excluding tert-OH is 1. The Bertz CT molecular complexity index is 474. The van der Waals surface area contributed by atoms with Gasteiger partial charge in [0.15, 0.2) is 0 Å². The van der Waals surface area contributed by atoms with Crippen molar-refractivity contribution in [3.8, 4) is 5.75 Å². The first-order valence-corrected chi connectivity index (χ1v) is 7.81. The minimum Gasteiger partial charge on any atom is -0.497 e. The Morgan fingerprint density at radius 3 is 3.00 bits per heavy atom. The lowest BCUT2D eigenvalue weighted by Crippen LogP contribution is -2.44. The van der Waals surface area contributed by atoms with Gasteiger partial charge in [-0.25, -0.2) is 0 Å². The first-order chi connectivity index (χ1) is 9.72. The van der Waals surface area contributed by atoms with Crippen LogP contribution in [0.3, 0.4) is 0 Å². The van der Waals surface area contributed by atoms with Crippen LogP contribution in [0, 0.1) is 5.92 Å². The van der Waals surface area contributed by atoms with Crippen LogP contribution in [-0.2, 0) is 6.42 Å². The Balaban J connectivity index is 1.77. The predicted octanol–water partition coefficient (Wildman–Crippen LogP) is 2.78. The van der Waals surface area contributed by atoms with Gasteiger partial charge in [0.05, 0.1) is 13.2 Å². The lowest BCUT2D eigenvalue weighted by molar-refractivity contribution is 0.0338. The third-order valence-electron chi connectivity index (χ3n) is 5.06. The normalized spacial score (nSPS) is 30.2. The van der Waals surface area contributed by atoms with E-state index in [9.17, 15) is 5.11 Å². The SMILES string of the molecule is CCC1CCCN(C2Cc3ccc(OC)cc3C2O)C1. The Morgan fingerprint density at radius 2 is 2.25 bits per heavy atom. The van der Waals surface area contributed by atoms with E-state index in [0.29, 0.717) is 0 Å². The minimum atomic E-state index is -0.365. The van der Waals surface area contributed by atoms with Gasteiger partial charge in [-0.15, -0.1) is 0 Å². The zero-order valence-electron chi connectivity index (χ0n) is 12.5. The molecule has 110 valence electrons. The third-order valence-corrected chi connectivity index (χ3v) is 5.06. The molecule has 0 saturated carbocycles. The molecule has 0 spiro atoms. The van der Waals surface area contributed by atoms with Crippen molar-refractivity contribution in [1.29, 1.82) is 0 Å². The number of piperidine rings is 1. The van der Waals surface area contributed by atoms with Gasteiger partial charge >= 0.3 is 0 Å². The summed E-state index contributed by atoms with van der Waals surface area (Å²) in [6.07, 6.45) is 4.46. The van der Waals surface area contributed by atoms with Gasteiger partial charge in [-0.3, -0.25) is 4.90 Å². The Labute approximate surface area is 121 Å². The summed E-state index contributed by atoms with van der Waals surface area (Å²) in [5, 5.41) is 10.7. The number of hydrogen-bond acceptors (Lipinski definition) is 3. The first kappa shape index (κ1) is 13.9. The van der Waals surface area contributed by atoms with E-state index in [2.05, 4.69) is 17.9 Å². The molecule has 1 aliphatic heterocycles. The summed E-state index contributed by atoms with van der Waals surface area (Å²) in [5.41, 5.74) is 2.34. The fourth-order valence-electron chi connectivity index (χ4n) is 3.77. The fourth-order valence-corrected chi connectivity index (χ4v) is 3.77. The highest BCUT2D eigenvalue weighted by molar-refractivity contribution is 5.41. The maximum Gasteiger partial charge on any atom is 0.119 e. The lowest BCUT2D eigenvalue weighted by atomic mass is 9.93. The molecule has 1 heterocycles. The summed E-state index contributed by atoms with van der Waals surface area (Å²) in [7, 11) is 1.68. The molecule has 3 atom stereocenters. The van der Waals surface area contributed by atoms with Gasteiger partial charge in [-0.1, -0.05) is 19.4 Å². The number of aliphatic hydroxyl groups is 1. The molecule has 1 N–H and O–H groups in total. The standard InChI is InChI=1S/C17H25NO2/c1-3-12-5-4-8-18(11-12)16-9-13-6-7-14(20-2)10-15(13)17(16)19/h6-7,10,12,16-17,19H,3-5,8-9,11H2,1-2H3. The molecular weight excluding hydrogens is 250 g/mol. The van der Waals surface area contributed by atoms with E-state index < -0.39 is 0 Å². The average Bonchev–Trinajstić information content (AvgIpc) is 2.84. The van der Waals surface area contributed by atoms with Crippen LogP contribution in [0.4, 0.5) is 0 Å². The highest BCUT2D eigenvalue weighted by Crippen LogP contribution is 2.38. The predicted molar refractivity (Wildman–Crippen MR) is 80.0 cm³/mol. The number of likely N-dealkylation sites (tertiary alicyclic amines) is 1. The summed E-state index contributed by atoms with van der Waals surface area (Å²) < 4.78 is 5.28. The van der Waals surface area contributed by atoms with Gasteiger partial charge < -0.3 is 9.84 Å². The van der Waals surface area contributed by atoms with Crippen molar-refractivity contribution in [2.45, 2.75) is 44.8 Å². The van der Waals surface area contributed by atoms with Crippen molar-refractivity contribution < 1.29 is 9.84 Å². The molecule has 3 heteroatoms. The van der Waals surface area contributed by atoms with E-state index in [1.54, 1.807) is 7.11 Å². The van der Waals surface area contributed by atoms with Gasteiger partial charge in [-0.2, -0.15) is 0 Å². The molecule has 0 amide bonds. The Morgan fingerprint density at radius 1 is 1.40 bits per heavy atom. The van der Waals surface area contributed by atoms with E-state index in [-0.39, 0.29) is 12.1 Å². The average molecular weight is 275 g/mol. The van der Waals surface area contributed by atoms with Crippen molar-refractivity contribution in [2.24, 2.45) is 5.92 Å². The molecule has 2 aliphatic rings. The zero-order chi connectivity index (χ0) is 14.1. The summed E-state index contributed by atoms with van der Waals surface area (Å²) >= 11 is 0. The largest absolute Gasteiger partial charge is 0.497 e. The number of hydrogen-bond donors (Lipinski definition) is 1. The summed E-state index contributed by atoms with van der Waals surface area (Å²) in [4.78, 5) is 2.51. The summed E-state index contributed by atoms with van der Waals surface area (Å²) in [5.74, 6) is 1.64. The van der Waals surface area contributed by atoms with Crippen LogP contribution in [-0.4, -0.2) is 36.2 Å². The molecule has 20 heavy (non-hydrogen) atoms. The number of rotatable bonds is 3. The van der Waals surface area contributed by atoms with Gasteiger partial charge in [0.2, 0.25) is 0 Å². The van der Waals surface area contributed by atoms with E-state index in [4.69, 9.17) is 4.74 Å². The second-order valence-electron chi connectivity index (χ2n) is 6.19. The van der Waals surface area contributed by atoms with Crippen LogP contribution >= 0.6 is 0 Å². The summed E-state index contributed by atoms with van der Waals surface area (Å²) in [6.45, 7) is 4.55. The molecule has 1 saturated heterocycles. The highest BCUT2D eigenvalue weighted by Gasteiger charge is 2.36. The zero-order valence-corrected chi connectivity index (χ0v) is 12.5. The van der Waals surface area contributed by atoms with Gasteiger partial charge in [0.1, 0.15) is 5.75 Å². The van der Waals surface area contributed by atoms with Crippen LogP contribution in [0.2, 0.25) is 0 Å².